The highest BCUT2D eigenvalue weighted by atomic mass is 16.3. The molecule has 96 valence electrons. The van der Waals surface area contributed by atoms with Crippen molar-refractivity contribution in [1.82, 2.24) is 0 Å². The van der Waals surface area contributed by atoms with Crippen molar-refractivity contribution in [2.75, 3.05) is 13.2 Å². The Labute approximate surface area is 105 Å². The number of hydrogen-bond acceptors (Lipinski definition) is 2. The molecule has 2 heteroatoms. The second-order valence-corrected chi connectivity index (χ2v) is 5.39. The SMILES string of the molecule is Cc1ccccc1C(CN)(CO)CCC(C)C. The summed E-state index contributed by atoms with van der Waals surface area (Å²) in [6.07, 6.45) is 2.04. The highest BCUT2D eigenvalue weighted by Crippen LogP contribution is 2.31. The molecule has 0 aliphatic rings. The van der Waals surface area contributed by atoms with Crippen LogP contribution in [0.1, 0.15) is 37.8 Å². The molecule has 2 nitrogen and oxygen atoms in total. The van der Waals surface area contributed by atoms with Gasteiger partial charge in [0.15, 0.2) is 0 Å². The predicted octanol–water partition coefficient (Wildman–Crippen LogP) is 2.62. The van der Waals surface area contributed by atoms with Crippen molar-refractivity contribution >= 4 is 0 Å². The van der Waals surface area contributed by atoms with Gasteiger partial charge in [0.2, 0.25) is 0 Å². The fourth-order valence-corrected chi connectivity index (χ4v) is 2.31. The molecule has 0 aromatic heterocycles. The van der Waals surface area contributed by atoms with E-state index in [-0.39, 0.29) is 12.0 Å². The van der Waals surface area contributed by atoms with Crippen molar-refractivity contribution in [3.63, 3.8) is 0 Å². The van der Waals surface area contributed by atoms with E-state index in [1.807, 2.05) is 12.1 Å². The van der Waals surface area contributed by atoms with E-state index in [1.54, 1.807) is 0 Å². The lowest BCUT2D eigenvalue weighted by Gasteiger charge is -2.33. The van der Waals surface area contributed by atoms with E-state index in [9.17, 15) is 5.11 Å². The predicted molar refractivity (Wildman–Crippen MR) is 73.1 cm³/mol. The maximum atomic E-state index is 9.79. The number of rotatable bonds is 6. The summed E-state index contributed by atoms with van der Waals surface area (Å²) in [5.74, 6) is 0.636. The fourth-order valence-electron chi connectivity index (χ4n) is 2.31. The van der Waals surface area contributed by atoms with Crippen LogP contribution in [0, 0.1) is 12.8 Å². The minimum Gasteiger partial charge on any atom is -0.395 e. The van der Waals surface area contributed by atoms with Crippen LogP contribution >= 0.6 is 0 Å². The lowest BCUT2D eigenvalue weighted by atomic mass is 9.74. The summed E-state index contributed by atoms with van der Waals surface area (Å²) in [5, 5.41) is 9.79. The molecular weight excluding hydrogens is 210 g/mol. The van der Waals surface area contributed by atoms with Crippen molar-refractivity contribution in [2.45, 2.75) is 39.0 Å². The third kappa shape index (κ3) is 3.30. The second-order valence-electron chi connectivity index (χ2n) is 5.39. The number of aryl methyl sites for hydroxylation is 1. The van der Waals surface area contributed by atoms with E-state index in [4.69, 9.17) is 5.73 Å². The topological polar surface area (TPSA) is 46.2 Å². The van der Waals surface area contributed by atoms with Gasteiger partial charge in [-0.2, -0.15) is 0 Å². The van der Waals surface area contributed by atoms with Crippen LogP contribution in [0.3, 0.4) is 0 Å². The third-order valence-electron chi connectivity index (χ3n) is 3.61. The molecule has 0 radical (unpaired) electrons. The first kappa shape index (κ1) is 14.2. The molecule has 1 aromatic rings. The van der Waals surface area contributed by atoms with E-state index in [1.165, 1.54) is 11.1 Å². The first-order valence-corrected chi connectivity index (χ1v) is 6.43. The smallest absolute Gasteiger partial charge is 0.0540 e. The second kappa shape index (κ2) is 6.18. The van der Waals surface area contributed by atoms with Gasteiger partial charge in [0.1, 0.15) is 0 Å². The van der Waals surface area contributed by atoms with E-state index < -0.39 is 0 Å². The van der Waals surface area contributed by atoms with Gasteiger partial charge >= 0.3 is 0 Å². The van der Waals surface area contributed by atoms with Gasteiger partial charge in [-0.3, -0.25) is 0 Å². The monoisotopic (exact) mass is 235 g/mol. The van der Waals surface area contributed by atoms with Gasteiger partial charge < -0.3 is 10.8 Å². The first-order valence-electron chi connectivity index (χ1n) is 6.43. The van der Waals surface area contributed by atoms with Gasteiger partial charge in [0, 0.05) is 12.0 Å². The third-order valence-corrected chi connectivity index (χ3v) is 3.61. The standard InChI is InChI=1S/C15H25NO/c1-12(2)8-9-15(10-16,11-17)14-7-5-4-6-13(14)3/h4-7,12,17H,8-11,16H2,1-3H3. The van der Waals surface area contributed by atoms with Crippen LogP contribution in [-0.2, 0) is 5.41 Å². The summed E-state index contributed by atoms with van der Waals surface area (Å²) in [5.41, 5.74) is 8.10. The molecule has 3 N–H and O–H groups in total. The lowest BCUT2D eigenvalue weighted by Crippen LogP contribution is -2.39. The first-order chi connectivity index (χ1) is 8.05. The van der Waals surface area contributed by atoms with Gasteiger partial charge in [-0.25, -0.2) is 0 Å². The molecule has 17 heavy (non-hydrogen) atoms. The van der Waals surface area contributed by atoms with Crippen LogP contribution in [0.25, 0.3) is 0 Å². The van der Waals surface area contributed by atoms with Gasteiger partial charge in [0.25, 0.3) is 0 Å². The van der Waals surface area contributed by atoms with Gasteiger partial charge in [-0.1, -0.05) is 38.1 Å². The maximum Gasteiger partial charge on any atom is 0.0540 e. The molecule has 0 amide bonds. The van der Waals surface area contributed by atoms with Crippen molar-refractivity contribution in [2.24, 2.45) is 11.7 Å². The summed E-state index contributed by atoms with van der Waals surface area (Å²) < 4.78 is 0. The molecule has 1 rings (SSSR count). The van der Waals surface area contributed by atoms with Gasteiger partial charge in [-0.05, 0) is 36.8 Å². The van der Waals surface area contributed by atoms with Crippen molar-refractivity contribution in [3.05, 3.63) is 35.4 Å². The van der Waals surface area contributed by atoms with Crippen molar-refractivity contribution < 1.29 is 5.11 Å². The van der Waals surface area contributed by atoms with E-state index in [2.05, 4.69) is 32.9 Å². The molecule has 0 fully saturated rings. The van der Waals surface area contributed by atoms with Crippen LogP contribution in [0.4, 0.5) is 0 Å². The van der Waals surface area contributed by atoms with E-state index >= 15 is 0 Å². The maximum absolute atomic E-state index is 9.79. The molecular formula is C15H25NO. The highest BCUT2D eigenvalue weighted by molar-refractivity contribution is 5.34. The Balaban J connectivity index is 3.02. The Hall–Kier alpha value is -0.860. The number of aliphatic hydroxyl groups is 1. The van der Waals surface area contributed by atoms with Crippen LogP contribution < -0.4 is 5.73 Å². The van der Waals surface area contributed by atoms with Gasteiger partial charge in [0.05, 0.1) is 6.61 Å². The molecule has 1 aromatic carbocycles. The van der Waals surface area contributed by atoms with Crippen LogP contribution in [0.5, 0.6) is 0 Å². The van der Waals surface area contributed by atoms with E-state index in [0.29, 0.717) is 12.5 Å². The Morgan fingerprint density at radius 3 is 2.41 bits per heavy atom. The molecule has 0 aliphatic heterocycles. The number of nitrogens with two attached hydrogens (primary N) is 1. The number of hydrogen-bond donors (Lipinski definition) is 2. The average molecular weight is 235 g/mol. The molecule has 1 unspecified atom stereocenters. The molecule has 0 bridgehead atoms. The Morgan fingerprint density at radius 2 is 1.94 bits per heavy atom. The minimum atomic E-state index is -0.268. The summed E-state index contributed by atoms with van der Waals surface area (Å²) >= 11 is 0. The van der Waals surface area contributed by atoms with Crippen LogP contribution in [0.2, 0.25) is 0 Å². The quantitative estimate of drug-likeness (QED) is 0.796. The molecule has 0 aliphatic carbocycles. The number of benzene rings is 1. The number of aliphatic hydroxyl groups excluding tert-OH is 1. The molecule has 0 saturated heterocycles. The molecule has 1 atom stereocenters. The zero-order chi connectivity index (χ0) is 12.9. The van der Waals surface area contributed by atoms with Crippen LogP contribution in [-0.4, -0.2) is 18.3 Å². The Morgan fingerprint density at radius 1 is 1.29 bits per heavy atom. The Bertz CT molecular complexity index is 343. The van der Waals surface area contributed by atoms with Crippen molar-refractivity contribution in [1.29, 1.82) is 0 Å². The molecule has 0 spiro atoms. The summed E-state index contributed by atoms with van der Waals surface area (Å²) in [4.78, 5) is 0. The molecule has 0 saturated carbocycles. The fraction of sp³-hybridized carbons (Fsp3) is 0.600. The minimum absolute atomic E-state index is 0.126. The largest absolute Gasteiger partial charge is 0.395 e. The average Bonchev–Trinajstić information content (AvgIpc) is 2.32. The summed E-state index contributed by atoms with van der Waals surface area (Å²) in [7, 11) is 0. The zero-order valence-electron chi connectivity index (χ0n) is 11.2. The van der Waals surface area contributed by atoms with Crippen LogP contribution in [0.15, 0.2) is 24.3 Å². The van der Waals surface area contributed by atoms with Crippen molar-refractivity contribution in [3.8, 4) is 0 Å². The molecule has 0 heterocycles. The van der Waals surface area contributed by atoms with E-state index in [0.717, 1.165) is 12.8 Å². The highest BCUT2D eigenvalue weighted by Gasteiger charge is 2.31. The Kier molecular flexibility index (Phi) is 5.16. The summed E-state index contributed by atoms with van der Waals surface area (Å²) in [6.45, 7) is 7.12. The lowest BCUT2D eigenvalue weighted by molar-refractivity contribution is 0.180. The normalized spacial score (nSPS) is 14.9. The zero-order valence-corrected chi connectivity index (χ0v) is 11.2. The summed E-state index contributed by atoms with van der Waals surface area (Å²) in [6, 6.07) is 8.24. The van der Waals surface area contributed by atoms with Gasteiger partial charge in [-0.15, -0.1) is 0 Å².